The smallest absolute Gasteiger partial charge is 0.335 e. The fourth-order valence-electron chi connectivity index (χ4n) is 3.17. The van der Waals surface area contributed by atoms with Gasteiger partial charge in [0.15, 0.2) is 0 Å². The van der Waals surface area contributed by atoms with Crippen molar-refractivity contribution in [2.75, 3.05) is 18.8 Å². The molecule has 132 valence electrons. The number of carbonyl (C=O) groups is 2. The Morgan fingerprint density at radius 3 is 2.92 bits per heavy atom. The summed E-state index contributed by atoms with van der Waals surface area (Å²) in [5.41, 5.74) is 1.31. The SMILES string of the molecule is CCSc1ccc(C(=O)N2CCC[C@@H](c3cccc(C(=O)O)c3)C2)s1. The van der Waals surface area contributed by atoms with E-state index in [2.05, 4.69) is 6.92 Å². The van der Waals surface area contributed by atoms with E-state index in [-0.39, 0.29) is 11.8 Å². The summed E-state index contributed by atoms with van der Waals surface area (Å²) in [5.74, 6) is 0.374. The molecule has 0 bridgehead atoms. The second-order valence-electron chi connectivity index (χ2n) is 6.07. The number of amides is 1. The average molecular weight is 376 g/mol. The number of benzene rings is 1. The highest BCUT2D eigenvalue weighted by atomic mass is 32.2. The minimum atomic E-state index is -0.912. The van der Waals surface area contributed by atoms with Crippen molar-refractivity contribution in [2.24, 2.45) is 0 Å². The first-order valence-electron chi connectivity index (χ1n) is 8.43. The number of piperidine rings is 1. The average Bonchev–Trinajstić information content (AvgIpc) is 3.10. The number of carboxylic acids is 1. The van der Waals surface area contributed by atoms with Gasteiger partial charge in [0.25, 0.3) is 5.91 Å². The van der Waals surface area contributed by atoms with Gasteiger partial charge in [-0.3, -0.25) is 4.79 Å². The van der Waals surface area contributed by atoms with Crippen molar-refractivity contribution in [2.45, 2.75) is 29.9 Å². The van der Waals surface area contributed by atoms with Gasteiger partial charge in [0, 0.05) is 19.0 Å². The summed E-state index contributed by atoms with van der Waals surface area (Å²) < 4.78 is 1.17. The van der Waals surface area contributed by atoms with Gasteiger partial charge in [0.1, 0.15) is 0 Å². The van der Waals surface area contributed by atoms with E-state index in [1.165, 1.54) is 4.21 Å². The number of thiophene rings is 1. The van der Waals surface area contributed by atoms with Gasteiger partial charge in [0.2, 0.25) is 0 Å². The van der Waals surface area contributed by atoms with E-state index in [0.717, 1.165) is 35.6 Å². The summed E-state index contributed by atoms with van der Waals surface area (Å²) in [6, 6.07) is 11.0. The maximum Gasteiger partial charge on any atom is 0.335 e. The number of likely N-dealkylation sites (tertiary alicyclic amines) is 1. The Labute approximate surface area is 155 Å². The van der Waals surface area contributed by atoms with Crippen LogP contribution in [0.2, 0.25) is 0 Å². The maximum atomic E-state index is 12.8. The number of carbonyl (C=O) groups excluding carboxylic acids is 1. The van der Waals surface area contributed by atoms with Crippen molar-refractivity contribution in [3.05, 3.63) is 52.4 Å². The molecule has 3 rings (SSSR count). The van der Waals surface area contributed by atoms with Crippen molar-refractivity contribution >= 4 is 35.0 Å². The van der Waals surface area contributed by atoms with Gasteiger partial charge in [0.05, 0.1) is 14.6 Å². The maximum absolute atomic E-state index is 12.8. The van der Waals surface area contributed by atoms with E-state index >= 15 is 0 Å². The van der Waals surface area contributed by atoms with Gasteiger partial charge < -0.3 is 10.0 Å². The molecule has 0 aliphatic carbocycles. The monoisotopic (exact) mass is 375 g/mol. The molecule has 2 heterocycles. The predicted molar refractivity (Wildman–Crippen MR) is 102 cm³/mol. The third kappa shape index (κ3) is 4.25. The Kier molecular flexibility index (Phi) is 5.81. The van der Waals surface area contributed by atoms with Crippen molar-refractivity contribution in [3.63, 3.8) is 0 Å². The van der Waals surface area contributed by atoms with Crippen LogP contribution in [0.25, 0.3) is 0 Å². The van der Waals surface area contributed by atoms with Gasteiger partial charge in [-0.15, -0.1) is 23.1 Å². The molecule has 0 unspecified atom stereocenters. The molecule has 2 aromatic rings. The number of hydrogen-bond acceptors (Lipinski definition) is 4. The van der Waals surface area contributed by atoms with Crippen LogP contribution >= 0.6 is 23.1 Å². The van der Waals surface area contributed by atoms with Gasteiger partial charge >= 0.3 is 5.97 Å². The zero-order valence-electron chi connectivity index (χ0n) is 14.1. The fraction of sp³-hybridized carbons (Fsp3) is 0.368. The van der Waals surface area contributed by atoms with E-state index in [9.17, 15) is 14.7 Å². The zero-order chi connectivity index (χ0) is 17.8. The van der Waals surface area contributed by atoms with E-state index in [0.29, 0.717) is 12.1 Å². The van der Waals surface area contributed by atoms with Crippen LogP contribution in [0, 0.1) is 0 Å². The van der Waals surface area contributed by atoms with Crippen molar-refractivity contribution < 1.29 is 14.7 Å². The quantitative estimate of drug-likeness (QED) is 0.777. The van der Waals surface area contributed by atoms with Crippen molar-refractivity contribution in [3.8, 4) is 0 Å². The van der Waals surface area contributed by atoms with Gasteiger partial charge in [-0.05, 0) is 48.4 Å². The van der Waals surface area contributed by atoms with Crippen LogP contribution in [0.5, 0.6) is 0 Å². The molecule has 1 N–H and O–H groups in total. The zero-order valence-corrected chi connectivity index (χ0v) is 15.7. The summed E-state index contributed by atoms with van der Waals surface area (Å²) in [6.45, 7) is 3.52. The van der Waals surface area contributed by atoms with E-state index < -0.39 is 5.97 Å². The second-order valence-corrected chi connectivity index (χ2v) is 8.72. The normalized spacial score (nSPS) is 17.5. The number of aromatic carboxylic acids is 1. The molecule has 0 spiro atoms. The van der Waals surface area contributed by atoms with E-state index in [1.54, 1.807) is 41.3 Å². The summed E-state index contributed by atoms with van der Waals surface area (Å²) >= 11 is 3.31. The highest BCUT2D eigenvalue weighted by Gasteiger charge is 2.26. The lowest BCUT2D eigenvalue weighted by molar-refractivity contribution is 0.0689. The van der Waals surface area contributed by atoms with Gasteiger partial charge in [-0.25, -0.2) is 4.79 Å². The van der Waals surface area contributed by atoms with Crippen LogP contribution in [0.15, 0.2) is 40.6 Å². The molecular formula is C19H21NO3S2. The third-order valence-corrected chi connectivity index (χ3v) is 6.57. The molecule has 6 heteroatoms. The fourth-order valence-corrected chi connectivity index (χ4v) is 5.18. The molecule has 25 heavy (non-hydrogen) atoms. The van der Waals surface area contributed by atoms with Gasteiger partial charge in [-0.2, -0.15) is 0 Å². The number of thioether (sulfide) groups is 1. The molecular weight excluding hydrogens is 354 g/mol. The van der Waals surface area contributed by atoms with Crippen LogP contribution in [0.1, 0.15) is 51.3 Å². The molecule has 1 aliphatic heterocycles. The van der Waals surface area contributed by atoms with Crippen molar-refractivity contribution in [1.82, 2.24) is 4.90 Å². The standard InChI is InChI=1S/C19H21NO3S2/c1-2-24-17-9-8-16(25-17)18(21)20-10-4-7-15(12-20)13-5-3-6-14(11-13)19(22)23/h3,5-6,8-9,11,15H,2,4,7,10,12H2,1H3,(H,22,23)/t15-/m1/s1. The Morgan fingerprint density at radius 2 is 2.16 bits per heavy atom. The molecule has 1 aliphatic rings. The second kappa shape index (κ2) is 8.06. The Hall–Kier alpha value is -1.79. The summed E-state index contributed by atoms with van der Waals surface area (Å²) in [7, 11) is 0. The number of nitrogens with zero attached hydrogens (tertiary/aromatic N) is 1. The van der Waals surface area contributed by atoms with Crippen LogP contribution in [0.3, 0.4) is 0 Å². The molecule has 1 saturated heterocycles. The summed E-state index contributed by atoms with van der Waals surface area (Å²) in [4.78, 5) is 26.7. The Bertz CT molecular complexity index is 772. The minimum absolute atomic E-state index is 0.0899. The largest absolute Gasteiger partial charge is 0.478 e. The van der Waals surface area contributed by atoms with Crippen molar-refractivity contribution in [1.29, 1.82) is 0 Å². The molecule has 1 fully saturated rings. The molecule has 1 atom stereocenters. The summed E-state index contributed by atoms with van der Waals surface area (Å²) in [5, 5.41) is 9.18. The Balaban J connectivity index is 1.73. The molecule has 1 aromatic carbocycles. The van der Waals surface area contributed by atoms with E-state index in [4.69, 9.17) is 0 Å². The first-order chi connectivity index (χ1) is 12.1. The highest BCUT2D eigenvalue weighted by molar-refractivity contribution is 8.01. The Morgan fingerprint density at radius 1 is 1.32 bits per heavy atom. The third-order valence-electron chi connectivity index (χ3n) is 4.39. The van der Waals surface area contributed by atoms with Crippen LogP contribution in [0.4, 0.5) is 0 Å². The topological polar surface area (TPSA) is 57.6 Å². The molecule has 1 amide bonds. The van der Waals surface area contributed by atoms with E-state index in [1.807, 2.05) is 23.1 Å². The first kappa shape index (κ1) is 18.0. The first-order valence-corrected chi connectivity index (χ1v) is 10.2. The number of rotatable bonds is 5. The molecule has 4 nitrogen and oxygen atoms in total. The summed E-state index contributed by atoms with van der Waals surface area (Å²) in [6.07, 6.45) is 1.92. The molecule has 1 aromatic heterocycles. The minimum Gasteiger partial charge on any atom is -0.478 e. The lowest BCUT2D eigenvalue weighted by Gasteiger charge is -2.33. The van der Waals surface area contributed by atoms with Crippen LogP contribution < -0.4 is 0 Å². The van der Waals surface area contributed by atoms with Gasteiger partial charge in [-0.1, -0.05) is 19.1 Å². The lowest BCUT2D eigenvalue weighted by atomic mass is 9.89. The molecule has 0 radical (unpaired) electrons. The number of hydrogen-bond donors (Lipinski definition) is 1. The predicted octanol–water partition coefficient (Wildman–Crippen LogP) is 4.58. The van der Waals surface area contributed by atoms with Crippen LogP contribution in [-0.4, -0.2) is 40.7 Å². The lowest BCUT2D eigenvalue weighted by Crippen LogP contribution is -2.38. The molecule has 0 saturated carbocycles. The highest BCUT2D eigenvalue weighted by Crippen LogP contribution is 2.31. The number of carboxylic acid groups (broad SMARTS) is 1. The van der Waals surface area contributed by atoms with Crippen LogP contribution in [-0.2, 0) is 0 Å².